The maximum atomic E-state index is 13.7. The Hall–Kier alpha value is -8.38. The maximum Gasteiger partial charge on any atom is 0.258 e. The summed E-state index contributed by atoms with van der Waals surface area (Å²) in [4.78, 5) is 54.8. The van der Waals surface area contributed by atoms with E-state index in [4.69, 9.17) is 69.6 Å². The molecular weight excluding hydrogens is 1270 g/mol. The van der Waals surface area contributed by atoms with Crippen LogP contribution in [0.5, 0.6) is 0 Å². The number of unbranched alkanes of at least 4 members (excludes halogenated alkanes) is 4. The van der Waals surface area contributed by atoms with E-state index in [1.807, 2.05) is 164 Å². The second kappa shape index (κ2) is 37.2. The number of halogens is 6. The minimum absolute atomic E-state index is 0.0886. The molecule has 14 heteroatoms. The molecule has 12 bridgehead atoms. The first-order valence-electron chi connectivity index (χ1n) is 30.6. The van der Waals surface area contributed by atoms with Crippen LogP contribution in [0.2, 0.25) is 0 Å². The van der Waals surface area contributed by atoms with E-state index >= 15 is 0 Å². The van der Waals surface area contributed by atoms with Gasteiger partial charge in [0.1, 0.15) is 0 Å². The monoisotopic (exact) mass is 1340 g/mol. The summed E-state index contributed by atoms with van der Waals surface area (Å²) in [6, 6.07) is 87.1. The third-order valence-corrected chi connectivity index (χ3v) is 14.6. The van der Waals surface area contributed by atoms with Gasteiger partial charge in [0, 0.05) is 113 Å². The Bertz CT molecular complexity index is 4050. The molecule has 0 aliphatic carbocycles. The fourth-order valence-electron chi connectivity index (χ4n) is 9.65. The Labute approximate surface area is 568 Å². The normalized spacial score (nSPS) is 10.4. The zero-order chi connectivity index (χ0) is 65.8. The van der Waals surface area contributed by atoms with Crippen molar-refractivity contribution in [3.05, 3.63) is 284 Å². The van der Waals surface area contributed by atoms with Crippen LogP contribution in [0.15, 0.2) is 213 Å². The van der Waals surface area contributed by atoms with E-state index in [0.29, 0.717) is 47.7 Å². The maximum absolute atomic E-state index is 13.7. The first-order chi connectivity index (χ1) is 44.6. The van der Waals surface area contributed by atoms with Crippen molar-refractivity contribution in [3.63, 3.8) is 0 Å². The highest BCUT2D eigenvalue weighted by Crippen LogP contribution is 2.14. The topological polar surface area (TPSA) is 88.0 Å². The van der Waals surface area contributed by atoms with E-state index in [0.717, 1.165) is 117 Å². The van der Waals surface area contributed by atoms with Crippen LogP contribution in [-0.2, 0) is 26.2 Å². The molecule has 18 rings (SSSR count). The van der Waals surface area contributed by atoms with E-state index in [1.54, 1.807) is 48.5 Å². The Kier molecular flexibility index (Phi) is 28.7. The number of hydrogen-bond donors (Lipinski definition) is 0. The first kappa shape index (κ1) is 71.1. The number of aryl methyl sites for hydroxylation is 4. The Morgan fingerprint density at radius 1 is 0.272 bits per heavy atom. The van der Waals surface area contributed by atoms with Gasteiger partial charge < -0.3 is 18.3 Å². The highest BCUT2D eigenvalue weighted by molar-refractivity contribution is 6.63. The number of hydrogen-bond acceptors (Lipinski definition) is 4. The molecule has 0 spiro atoms. The number of fused-ring (bicyclic) bond motifs is 2. The molecule has 0 aliphatic heterocycles. The summed E-state index contributed by atoms with van der Waals surface area (Å²) < 4.78 is 5.74. The highest BCUT2D eigenvalue weighted by Gasteiger charge is 2.06. The van der Waals surface area contributed by atoms with Gasteiger partial charge in [-0.15, -0.1) is 0 Å². The molecule has 0 saturated heterocycles. The first-order valence-corrected chi connectivity index (χ1v) is 33.2. The van der Waals surface area contributed by atoms with Crippen molar-refractivity contribution >= 4 is 156 Å². The zero-order valence-corrected chi connectivity index (χ0v) is 56.3. The van der Waals surface area contributed by atoms with Crippen molar-refractivity contribution in [2.24, 2.45) is 0 Å². The molecule has 0 amide bonds. The van der Waals surface area contributed by atoms with Crippen LogP contribution in [0.4, 0.5) is 0 Å². The molecule has 0 radical (unpaired) electrons. The molecule has 0 fully saturated rings. The lowest BCUT2D eigenvalue weighted by Crippen LogP contribution is -2.20. The SMILES string of the molecule is CCCCn1c(=O)c2ccc(cc2)c(=O)n(CCCC)c2ccc(c#cc3ccccc3c#cc3ccc1cc3)cc2.CCCCn1c(=O)c2ccc(cc2)c(=O)n(CCCC)c2ccc(c#cc3ccccc3c#cc3ccc1cc3)cc2.ClC(Cl)Cl.ClC(Cl)Cl. The van der Waals surface area contributed by atoms with Crippen molar-refractivity contribution in [3.8, 4) is 0 Å². The number of nitrogens with zero attached hydrogens (tertiary/aromatic N) is 4. The molecule has 10 aromatic heterocycles. The minimum Gasteiger partial charge on any atom is -0.308 e. The fraction of sp³-hybridized carbons (Fsp3) is 0.231. The molecule has 8 aromatic carbocycles. The lowest BCUT2D eigenvalue weighted by molar-refractivity contribution is 0.634. The molecule has 0 aliphatic rings. The average Bonchev–Trinajstić information content (AvgIpc) is 0.923. The van der Waals surface area contributed by atoms with Gasteiger partial charge >= 0.3 is 0 Å². The molecule has 0 atom stereocenters. The predicted octanol–water partition coefficient (Wildman–Crippen LogP) is 20.4. The van der Waals surface area contributed by atoms with Crippen molar-refractivity contribution in [1.82, 2.24) is 18.3 Å². The summed E-state index contributed by atoms with van der Waals surface area (Å²) in [6.45, 7) is 10.9. The Morgan fingerprint density at radius 2 is 0.446 bits per heavy atom. The van der Waals surface area contributed by atoms with E-state index in [2.05, 4.69) is 76.2 Å². The molecule has 0 N–H and O–H groups in total. The Morgan fingerprint density at radius 3 is 0.609 bits per heavy atom. The summed E-state index contributed by atoms with van der Waals surface area (Å²) in [6.07, 6.45) is 7.41. The summed E-state index contributed by atoms with van der Waals surface area (Å²) in [5.74, 6) is 0. The van der Waals surface area contributed by atoms with Crippen LogP contribution in [0, 0.1) is 48.5 Å². The van der Waals surface area contributed by atoms with Gasteiger partial charge in [0.15, 0.2) is 8.59 Å². The van der Waals surface area contributed by atoms with Crippen LogP contribution in [0.1, 0.15) is 79.1 Å². The molecule has 0 saturated carbocycles. The third kappa shape index (κ3) is 21.4. The van der Waals surface area contributed by atoms with Crippen molar-refractivity contribution in [2.75, 3.05) is 0 Å². The second-order valence-electron chi connectivity index (χ2n) is 21.2. The van der Waals surface area contributed by atoms with Gasteiger partial charge in [-0.05, 0) is 196 Å². The Balaban J connectivity index is 0.000000234. The van der Waals surface area contributed by atoms with Crippen molar-refractivity contribution in [2.45, 2.75) is 114 Å². The van der Waals surface area contributed by atoms with Crippen LogP contribution >= 0.6 is 69.6 Å². The lowest BCUT2D eigenvalue weighted by Gasteiger charge is -2.07. The molecule has 8 nitrogen and oxygen atoms in total. The highest BCUT2D eigenvalue weighted by atomic mass is 35.6. The quantitative estimate of drug-likeness (QED) is 0.114. The fourth-order valence-corrected chi connectivity index (χ4v) is 9.65. The second-order valence-corrected chi connectivity index (χ2v) is 25.1. The number of benzene rings is 8. The summed E-state index contributed by atoms with van der Waals surface area (Å²) >= 11 is 28.8. The van der Waals surface area contributed by atoms with Gasteiger partial charge in [0.05, 0.1) is 0 Å². The minimum atomic E-state index is -0.750. The van der Waals surface area contributed by atoms with Crippen LogP contribution in [-0.4, -0.2) is 26.9 Å². The summed E-state index contributed by atoms with van der Waals surface area (Å²) in [5.41, 5.74) is 2.93. The number of alkyl halides is 6. The zero-order valence-electron chi connectivity index (χ0n) is 51.8. The summed E-state index contributed by atoms with van der Waals surface area (Å²) in [5, 5.41) is 9.05. The van der Waals surface area contributed by atoms with Gasteiger partial charge in [0.25, 0.3) is 22.2 Å². The van der Waals surface area contributed by atoms with Gasteiger partial charge in [-0.2, -0.15) is 0 Å². The van der Waals surface area contributed by atoms with E-state index in [-0.39, 0.29) is 22.2 Å². The van der Waals surface area contributed by atoms with Crippen LogP contribution in [0.3, 0.4) is 0 Å². The third-order valence-electron chi connectivity index (χ3n) is 14.6. The smallest absolute Gasteiger partial charge is 0.258 e. The van der Waals surface area contributed by atoms with Gasteiger partial charge in [-0.25, -0.2) is 0 Å². The van der Waals surface area contributed by atoms with Crippen LogP contribution in [0.25, 0.3) is 86.7 Å². The molecule has 10 heterocycles. The largest absolute Gasteiger partial charge is 0.308 e. The van der Waals surface area contributed by atoms with Crippen LogP contribution < -0.4 is 22.2 Å². The molecule has 92 heavy (non-hydrogen) atoms. The van der Waals surface area contributed by atoms with Gasteiger partial charge in [-0.1, -0.05) is 196 Å². The average molecular weight is 1340 g/mol. The molecule has 0 unspecified atom stereocenters. The lowest BCUT2D eigenvalue weighted by atomic mass is 10.2. The summed E-state index contributed by atoms with van der Waals surface area (Å²) in [7, 11) is 0. The van der Waals surface area contributed by atoms with Gasteiger partial charge in [-0.3, -0.25) is 19.2 Å². The van der Waals surface area contributed by atoms with E-state index in [9.17, 15) is 19.2 Å². The number of aromatic nitrogens is 4. The molecule has 468 valence electrons. The number of rotatable bonds is 12. The predicted molar refractivity (Wildman–Crippen MR) is 391 cm³/mol. The molecular formula is C78H70Cl6N4O4. The molecule has 18 aromatic rings. The standard InChI is InChI=1S/2C38H34N2O2.2CHCl3/c2*1-3-5-27-39-35-23-13-29(14-24-35)11-17-31-9-7-8-10-32(31)18-12-30-15-25-36(26-16-30)40(28-6-4-2)38(42)34-21-19-33(20-22-34)37(39)41;2*2-1(3)4/h2*7-10,13-16,19-26H,3-6,27-28H2,1-2H3;2*1H. The van der Waals surface area contributed by atoms with E-state index < -0.39 is 8.59 Å². The van der Waals surface area contributed by atoms with E-state index in [1.165, 1.54) is 0 Å². The van der Waals surface area contributed by atoms with Gasteiger partial charge in [0.2, 0.25) is 0 Å². The van der Waals surface area contributed by atoms with Crippen molar-refractivity contribution in [1.29, 1.82) is 0 Å². The van der Waals surface area contributed by atoms with Crippen molar-refractivity contribution < 1.29 is 0 Å².